The van der Waals surface area contributed by atoms with Gasteiger partial charge in [-0.25, -0.2) is 12.8 Å². The lowest BCUT2D eigenvalue weighted by Gasteiger charge is -2.32. The molecule has 0 aliphatic heterocycles. The lowest BCUT2D eigenvalue weighted by atomic mass is 10.1. The smallest absolute Gasteiger partial charge is 0.244 e. The van der Waals surface area contributed by atoms with Crippen molar-refractivity contribution < 1.29 is 22.4 Å². The van der Waals surface area contributed by atoms with Gasteiger partial charge < -0.3 is 10.2 Å². The zero-order valence-electron chi connectivity index (χ0n) is 19.0. The summed E-state index contributed by atoms with van der Waals surface area (Å²) in [5, 5.41) is 2.74. The minimum Gasteiger partial charge on any atom is -0.352 e. The quantitative estimate of drug-likeness (QED) is 0.620. The Labute approximate surface area is 189 Å². The molecule has 2 amide bonds. The first-order valence-corrected chi connectivity index (χ1v) is 12.1. The first kappa shape index (κ1) is 25.3. The number of nitrogens with zero attached hydrogens (tertiary/aromatic N) is 2. The zero-order chi connectivity index (χ0) is 24.1. The van der Waals surface area contributed by atoms with Crippen LogP contribution in [-0.4, -0.2) is 50.0 Å². The maximum absolute atomic E-state index is 14.3. The molecule has 0 saturated carbocycles. The summed E-state index contributed by atoms with van der Waals surface area (Å²) in [6.45, 7) is 6.23. The van der Waals surface area contributed by atoms with Gasteiger partial charge in [-0.15, -0.1) is 0 Å². The van der Waals surface area contributed by atoms with Crippen molar-refractivity contribution in [2.45, 2.75) is 46.3 Å². The van der Waals surface area contributed by atoms with E-state index in [2.05, 4.69) is 5.32 Å². The number of amides is 2. The first-order chi connectivity index (χ1) is 14.9. The third-order valence-corrected chi connectivity index (χ3v) is 6.01. The molecule has 0 aliphatic rings. The molecule has 174 valence electrons. The molecule has 0 saturated heterocycles. The van der Waals surface area contributed by atoms with Crippen molar-refractivity contribution in [2.75, 3.05) is 17.1 Å². The molecule has 1 atom stereocenters. The fraction of sp³-hybridized carbons (Fsp3) is 0.391. The number of rotatable bonds is 9. The van der Waals surface area contributed by atoms with Gasteiger partial charge in [0.05, 0.1) is 11.9 Å². The third-order valence-electron chi connectivity index (χ3n) is 4.87. The van der Waals surface area contributed by atoms with Crippen LogP contribution in [0.25, 0.3) is 0 Å². The average molecular weight is 464 g/mol. The number of anilines is 1. The molecule has 32 heavy (non-hydrogen) atoms. The van der Waals surface area contributed by atoms with Gasteiger partial charge in [-0.2, -0.15) is 0 Å². The normalized spacial score (nSPS) is 12.3. The number of carbonyl (C=O) groups is 2. The maximum atomic E-state index is 14.3. The van der Waals surface area contributed by atoms with E-state index in [0.717, 1.165) is 16.1 Å². The van der Waals surface area contributed by atoms with Crippen LogP contribution in [0, 0.1) is 12.7 Å². The fourth-order valence-corrected chi connectivity index (χ4v) is 4.04. The van der Waals surface area contributed by atoms with Crippen LogP contribution in [0.5, 0.6) is 0 Å². The lowest BCUT2D eigenvalue weighted by Crippen LogP contribution is -2.52. The predicted molar refractivity (Wildman–Crippen MR) is 123 cm³/mol. The monoisotopic (exact) mass is 463 g/mol. The second-order valence-electron chi connectivity index (χ2n) is 8.06. The van der Waals surface area contributed by atoms with E-state index in [9.17, 15) is 22.4 Å². The van der Waals surface area contributed by atoms with Gasteiger partial charge >= 0.3 is 0 Å². The maximum Gasteiger partial charge on any atom is 0.244 e. The van der Waals surface area contributed by atoms with Crippen LogP contribution in [0.1, 0.15) is 31.9 Å². The Morgan fingerprint density at radius 1 is 1.06 bits per heavy atom. The molecule has 0 spiro atoms. The molecule has 7 nitrogen and oxygen atoms in total. The summed E-state index contributed by atoms with van der Waals surface area (Å²) in [6.07, 6.45) is 1.01. The van der Waals surface area contributed by atoms with Gasteiger partial charge in [0, 0.05) is 18.2 Å². The van der Waals surface area contributed by atoms with E-state index in [4.69, 9.17) is 0 Å². The molecule has 1 N–H and O–H groups in total. The van der Waals surface area contributed by atoms with E-state index in [1.807, 2.05) is 13.0 Å². The first-order valence-electron chi connectivity index (χ1n) is 10.3. The average Bonchev–Trinajstić information content (AvgIpc) is 2.69. The van der Waals surface area contributed by atoms with Crippen molar-refractivity contribution in [2.24, 2.45) is 0 Å². The molecule has 9 heteroatoms. The Hall–Kier alpha value is -2.94. The fourth-order valence-electron chi connectivity index (χ4n) is 3.19. The van der Waals surface area contributed by atoms with Crippen molar-refractivity contribution in [1.82, 2.24) is 10.2 Å². The summed E-state index contributed by atoms with van der Waals surface area (Å²) >= 11 is 0. The molecule has 2 aromatic rings. The van der Waals surface area contributed by atoms with Gasteiger partial charge in [-0.3, -0.25) is 13.9 Å². The van der Waals surface area contributed by atoms with Crippen LogP contribution >= 0.6 is 0 Å². The van der Waals surface area contributed by atoms with E-state index in [1.165, 1.54) is 30.0 Å². The number of carbonyl (C=O) groups excluding carboxylic acids is 2. The van der Waals surface area contributed by atoms with Crippen molar-refractivity contribution in [3.8, 4) is 0 Å². The Bertz CT molecular complexity index is 1070. The molecule has 0 heterocycles. The largest absolute Gasteiger partial charge is 0.352 e. The van der Waals surface area contributed by atoms with Crippen LogP contribution < -0.4 is 9.62 Å². The number of hydrogen-bond acceptors (Lipinski definition) is 4. The highest BCUT2D eigenvalue weighted by Crippen LogP contribution is 2.20. The summed E-state index contributed by atoms with van der Waals surface area (Å²) < 4.78 is 40.3. The van der Waals surface area contributed by atoms with Crippen molar-refractivity contribution in [3.05, 3.63) is 65.5 Å². The molecule has 0 fully saturated rings. The van der Waals surface area contributed by atoms with Crippen LogP contribution in [0.4, 0.5) is 10.1 Å². The number of halogens is 1. The SMILES string of the molecule is Cc1cccc(N(CC(=O)N(Cc2ccccc2F)C(C)C(=O)NC(C)C)S(C)(=O)=O)c1. The van der Waals surface area contributed by atoms with E-state index < -0.39 is 40.2 Å². The predicted octanol–water partition coefficient (Wildman–Crippen LogP) is 2.84. The van der Waals surface area contributed by atoms with Crippen LogP contribution in [0.15, 0.2) is 48.5 Å². The Kier molecular flexibility index (Phi) is 8.38. The van der Waals surface area contributed by atoms with Crippen LogP contribution in [-0.2, 0) is 26.2 Å². The molecule has 0 bridgehead atoms. The summed E-state index contributed by atoms with van der Waals surface area (Å²) in [5.41, 5.74) is 1.40. The van der Waals surface area contributed by atoms with Gasteiger partial charge in [0.1, 0.15) is 18.4 Å². The number of nitrogens with one attached hydrogen (secondary N) is 1. The number of benzene rings is 2. The van der Waals surface area contributed by atoms with Crippen LogP contribution in [0.2, 0.25) is 0 Å². The van der Waals surface area contributed by atoms with Gasteiger partial charge in [0.2, 0.25) is 21.8 Å². The Morgan fingerprint density at radius 2 is 1.72 bits per heavy atom. The van der Waals surface area contributed by atoms with Gasteiger partial charge in [0.15, 0.2) is 0 Å². The number of aryl methyl sites for hydroxylation is 1. The van der Waals surface area contributed by atoms with Gasteiger partial charge in [-0.1, -0.05) is 30.3 Å². The third kappa shape index (κ3) is 6.78. The molecule has 2 rings (SSSR count). The summed E-state index contributed by atoms with van der Waals surface area (Å²) in [7, 11) is -3.80. The number of hydrogen-bond donors (Lipinski definition) is 1. The van der Waals surface area contributed by atoms with E-state index in [-0.39, 0.29) is 18.2 Å². The van der Waals surface area contributed by atoms with E-state index >= 15 is 0 Å². The van der Waals surface area contributed by atoms with Crippen LogP contribution in [0.3, 0.4) is 0 Å². The summed E-state index contributed by atoms with van der Waals surface area (Å²) in [6, 6.07) is 11.6. The van der Waals surface area contributed by atoms with Gasteiger partial charge in [-0.05, 0) is 51.5 Å². The minimum atomic E-state index is -3.80. The minimum absolute atomic E-state index is 0.157. The van der Waals surface area contributed by atoms with Crippen molar-refractivity contribution in [1.29, 1.82) is 0 Å². The zero-order valence-corrected chi connectivity index (χ0v) is 19.8. The highest BCUT2D eigenvalue weighted by Gasteiger charge is 2.30. The van der Waals surface area contributed by atoms with Crippen molar-refractivity contribution >= 4 is 27.5 Å². The van der Waals surface area contributed by atoms with E-state index in [1.54, 1.807) is 38.1 Å². The summed E-state index contributed by atoms with van der Waals surface area (Å²) in [4.78, 5) is 27.2. The Morgan fingerprint density at radius 3 is 2.28 bits per heavy atom. The molecule has 0 radical (unpaired) electrons. The molecular formula is C23H30FN3O4S. The van der Waals surface area contributed by atoms with E-state index in [0.29, 0.717) is 5.69 Å². The highest BCUT2D eigenvalue weighted by atomic mass is 32.2. The Balaban J connectivity index is 2.40. The topological polar surface area (TPSA) is 86.8 Å². The molecule has 0 aliphatic carbocycles. The molecular weight excluding hydrogens is 433 g/mol. The lowest BCUT2D eigenvalue weighted by molar-refractivity contribution is -0.139. The van der Waals surface area contributed by atoms with Crippen molar-refractivity contribution in [3.63, 3.8) is 0 Å². The standard InChI is InChI=1S/C23H30FN3O4S/c1-16(2)25-23(29)18(4)26(14-19-10-6-7-12-21(19)24)22(28)15-27(32(5,30)31)20-11-8-9-17(3)13-20/h6-13,16,18H,14-15H2,1-5H3,(H,25,29). The summed E-state index contributed by atoms with van der Waals surface area (Å²) in [5.74, 6) is -1.54. The second-order valence-corrected chi connectivity index (χ2v) is 9.97. The molecule has 0 aromatic heterocycles. The number of sulfonamides is 1. The highest BCUT2D eigenvalue weighted by molar-refractivity contribution is 7.92. The van der Waals surface area contributed by atoms with Gasteiger partial charge in [0.25, 0.3) is 0 Å². The molecule has 1 unspecified atom stereocenters. The molecule has 2 aromatic carbocycles. The second kappa shape index (κ2) is 10.6.